The Labute approximate surface area is 119 Å². The highest BCUT2D eigenvalue weighted by molar-refractivity contribution is 5.73. The van der Waals surface area contributed by atoms with Crippen molar-refractivity contribution in [3.05, 3.63) is 78.0 Å². The summed E-state index contributed by atoms with van der Waals surface area (Å²) in [6, 6.07) is 15.1. The standard InChI is InChI=1S/C18H16N2/c1-13-9-10-17-15(12-13)14-6-2-3-7-16(14)20(17)18-8-4-5-11-19-18/h2-12,15,17H,1H3. The van der Waals surface area contributed by atoms with Crippen LogP contribution in [-0.2, 0) is 0 Å². The topological polar surface area (TPSA) is 16.1 Å². The molecule has 2 heteroatoms. The molecular weight excluding hydrogens is 244 g/mol. The van der Waals surface area contributed by atoms with E-state index in [9.17, 15) is 0 Å². The second-order valence-electron chi connectivity index (χ2n) is 5.40. The van der Waals surface area contributed by atoms with E-state index < -0.39 is 0 Å². The Balaban J connectivity index is 1.90. The zero-order valence-corrected chi connectivity index (χ0v) is 11.4. The van der Waals surface area contributed by atoms with Gasteiger partial charge in [0.2, 0.25) is 0 Å². The zero-order chi connectivity index (χ0) is 13.5. The molecule has 1 aromatic carbocycles. The molecule has 2 nitrogen and oxygen atoms in total. The summed E-state index contributed by atoms with van der Waals surface area (Å²) in [6.45, 7) is 2.17. The van der Waals surface area contributed by atoms with Crippen LogP contribution in [0.5, 0.6) is 0 Å². The molecule has 0 amide bonds. The van der Waals surface area contributed by atoms with E-state index in [1.54, 1.807) is 0 Å². The fourth-order valence-corrected chi connectivity index (χ4v) is 3.25. The van der Waals surface area contributed by atoms with Crippen LogP contribution in [0.25, 0.3) is 0 Å². The maximum absolute atomic E-state index is 4.54. The van der Waals surface area contributed by atoms with Gasteiger partial charge in [-0.2, -0.15) is 0 Å². The molecule has 0 spiro atoms. The third-order valence-electron chi connectivity index (χ3n) is 4.12. The van der Waals surface area contributed by atoms with Crippen LogP contribution in [0.15, 0.2) is 72.5 Å². The number of aromatic nitrogens is 1. The van der Waals surface area contributed by atoms with Crippen molar-refractivity contribution < 1.29 is 0 Å². The molecule has 0 N–H and O–H groups in total. The number of hydrogen-bond donors (Lipinski definition) is 0. The highest BCUT2D eigenvalue weighted by Crippen LogP contribution is 2.47. The lowest BCUT2D eigenvalue weighted by atomic mass is 9.89. The maximum Gasteiger partial charge on any atom is 0.133 e. The van der Waals surface area contributed by atoms with Crippen LogP contribution in [0.1, 0.15) is 18.4 Å². The van der Waals surface area contributed by atoms with Gasteiger partial charge >= 0.3 is 0 Å². The van der Waals surface area contributed by atoms with E-state index in [2.05, 4.69) is 65.4 Å². The first-order chi connectivity index (χ1) is 9.84. The molecule has 1 aliphatic heterocycles. The molecule has 20 heavy (non-hydrogen) atoms. The number of anilines is 2. The van der Waals surface area contributed by atoms with Gasteiger partial charge < -0.3 is 4.90 Å². The molecule has 2 aliphatic rings. The fraction of sp³-hybridized carbons (Fsp3) is 0.167. The highest BCUT2D eigenvalue weighted by atomic mass is 15.2. The van der Waals surface area contributed by atoms with Gasteiger partial charge in [0.1, 0.15) is 5.82 Å². The van der Waals surface area contributed by atoms with Crippen molar-refractivity contribution in [2.75, 3.05) is 4.90 Å². The zero-order valence-electron chi connectivity index (χ0n) is 11.4. The second-order valence-corrected chi connectivity index (χ2v) is 5.40. The minimum atomic E-state index is 0.339. The largest absolute Gasteiger partial charge is 0.318 e. The summed E-state index contributed by atoms with van der Waals surface area (Å²) in [5, 5.41) is 0. The number of allylic oxidation sites excluding steroid dienone is 2. The SMILES string of the molecule is CC1=CC2c3ccccc3N(c3ccccn3)C2C=C1. The van der Waals surface area contributed by atoms with Crippen molar-refractivity contribution in [3.63, 3.8) is 0 Å². The number of benzene rings is 1. The van der Waals surface area contributed by atoms with E-state index in [4.69, 9.17) is 0 Å². The Kier molecular flexibility index (Phi) is 2.49. The van der Waals surface area contributed by atoms with Gasteiger partial charge in [-0.3, -0.25) is 0 Å². The summed E-state index contributed by atoms with van der Waals surface area (Å²) in [5.41, 5.74) is 4.01. The molecule has 0 radical (unpaired) electrons. The first-order valence-electron chi connectivity index (χ1n) is 7.00. The van der Waals surface area contributed by atoms with Crippen molar-refractivity contribution in [1.29, 1.82) is 0 Å². The van der Waals surface area contributed by atoms with Crippen LogP contribution in [-0.4, -0.2) is 11.0 Å². The summed E-state index contributed by atoms with van der Waals surface area (Å²) in [6.07, 6.45) is 8.74. The average molecular weight is 260 g/mol. The van der Waals surface area contributed by atoms with Crippen LogP contribution in [0.2, 0.25) is 0 Å². The quantitative estimate of drug-likeness (QED) is 0.764. The molecule has 0 saturated heterocycles. The molecule has 4 rings (SSSR count). The highest BCUT2D eigenvalue weighted by Gasteiger charge is 2.37. The Morgan fingerprint density at radius 1 is 1.05 bits per heavy atom. The molecular formula is C18H16N2. The van der Waals surface area contributed by atoms with Gasteiger partial charge in [0.15, 0.2) is 0 Å². The summed E-state index contributed by atoms with van der Waals surface area (Å²) >= 11 is 0. The Bertz CT molecular complexity index is 700. The Hall–Kier alpha value is -2.35. The summed E-state index contributed by atoms with van der Waals surface area (Å²) in [5.74, 6) is 1.45. The Morgan fingerprint density at radius 3 is 2.75 bits per heavy atom. The molecule has 2 unspecified atom stereocenters. The number of para-hydroxylation sites is 1. The minimum Gasteiger partial charge on any atom is -0.318 e. The van der Waals surface area contributed by atoms with Gasteiger partial charge in [0.25, 0.3) is 0 Å². The lowest BCUT2D eigenvalue weighted by molar-refractivity contribution is 0.732. The average Bonchev–Trinajstić information content (AvgIpc) is 2.82. The third kappa shape index (κ3) is 1.61. The molecule has 98 valence electrons. The molecule has 1 aliphatic carbocycles. The van der Waals surface area contributed by atoms with Gasteiger partial charge in [-0.05, 0) is 30.7 Å². The summed E-state index contributed by atoms with van der Waals surface area (Å²) < 4.78 is 0. The third-order valence-corrected chi connectivity index (χ3v) is 4.12. The van der Waals surface area contributed by atoms with E-state index in [1.165, 1.54) is 16.8 Å². The van der Waals surface area contributed by atoms with Crippen molar-refractivity contribution >= 4 is 11.5 Å². The van der Waals surface area contributed by atoms with Crippen LogP contribution in [0, 0.1) is 0 Å². The van der Waals surface area contributed by atoms with E-state index in [0.29, 0.717) is 12.0 Å². The van der Waals surface area contributed by atoms with E-state index in [-0.39, 0.29) is 0 Å². The number of hydrogen-bond acceptors (Lipinski definition) is 2. The number of nitrogens with zero attached hydrogens (tertiary/aromatic N) is 2. The van der Waals surface area contributed by atoms with Gasteiger partial charge in [-0.1, -0.05) is 48.1 Å². The maximum atomic E-state index is 4.54. The van der Waals surface area contributed by atoms with Gasteiger partial charge in [0, 0.05) is 17.8 Å². The van der Waals surface area contributed by atoms with Crippen molar-refractivity contribution in [2.24, 2.45) is 0 Å². The van der Waals surface area contributed by atoms with E-state index in [1.807, 2.05) is 18.3 Å². The summed E-state index contributed by atoms with van der Waals surface area (Å²) in [4.78, 5) is 6.89. The molecule has 2 aromatic rings. The molecule has 1 aromatic heterocycles. The fourth-order valence-electron chi connectivity index (χ4n) is 3.25. The number of pyridine rings is 1. The molecule has 0 saturated carbocycles. The lowest BCUT2D eigenvalue weighted by Gasteiger charge is -2.28. The van der Waals surface area contributed by atoms with Crippen molar-refractivity contribution in [1.82, 2.24) is 4.98 Å². The smallest absolute Gasteiger partial charge is 0.133 e. The lowest BCUT2D eigenvalue weighted by Crippen LogP contribution is -2.29. The molecule has 2 atom stereocenters. The van der Waals surface area contributed by atoms with Crippen LogP contribution < -0.4 is 4.90 Å². The molecule has 2 heterocycles. The Morgan fingerprint density at radius 2 is 1.90 bits per heavy atom. The van der Waals surface area contributed by atoms with Gasteiger partial charge in [-0.15, -0.1) is 0 Å². The molecule has 0 fully saturated rings. The van der Waals surface area contributed by atoms with Crippen LogP contribution in [0.4, 0.5) is 11.5 Å². The van der Waals surface area contributed by atoms with E-state index >= 15 is 0 Å². The predicted octanol–water partition coefficient (Wildman–Crippen LogP) is 4.20. The first-order valence-corrected chi connectivity index (χ1v) is 7.00. The van der Waals surface area contributed by atoms with Crippen LogP contribution in [0.3, 0.4) is 0 Å². The van der Waals surface area contributed by atoms with E-state index in [0.717, 1.165) is 5.82 Å². The number of fused-ring (bicyclic) bond motifs is 3. The molecule has 0 bridgehead atoms. The second kappa shape index (κ2) is 4.34. The normalized spacial score (nSPS) is 23.2. The number of rotatable bonds is 1. The first kappa shape index (κ1) is 11.5. The minimum absolute atomic E-state index is 0.339. The van der Waals surface area contributed by atoms with Gasteiger partial charge in [-0.25, -0.2) is 4.98 Å². The van der Waals surface area contributed by atoms with Crippen LogP contribution >= 0.6 is 0 Å². The monoisotopic (exact) mass is 260 g/mol. The van der Waals surface area contributed by atoms with Crippen molar-refractivity contribution in [3.8, 4) is 0 Å². The van der Waals surface area contributed by atoms with Crippen molar-refractivity contribution in [2.45, 2.75) is 18.9 Å². The van der Waals surface area contributed by atoms with Gasteiger partial charge in [0.05, 0.1) is 6.04 Å². The predicted molar refractivity (Wildman–Crippen MR) is 82.2 cm³/mol. The summed E-state index contributed by atoms with van der Waals surface area (Å²) in [7, 11) is 0.